The van der Waals surface area contributed by atoms with Crippen molar-refractivity contribution in [3.63, 3.8) is 0 Å². The monoisotopic (exact) mass is 379 g/mol. The zero-order valence-electron chi connectivity index (χ0n) is 14.9. The summed E-state index contributed by atoms with van der Waals surface area (Å²) in [5.74, 6) is 0.121. The van der Waals surface area contributed by atoms with Crippen molar-refractivity contribution in [2.75, 3.05) is 32.7 Å². The Hall–Kier alpha value is -1.14. The number of hydrogen-bond acceptors (Lipinski definition) is 4. The predicted octanol–water partition coefficient (Wildman–Crippen LogP) is 3.59. The van der Waals surface area contributed by atoms with E-state index in [0.29, 0.717) is 6.54 Å². The Kier molecular flexibility index (Phi) is 6.34. The maximum absolute atomic E-state index is 12.0. The van der Waals surface area contributed by atoms with Gasteiger partial charge in [-0.25, -0.2) is 0 Å². The van der Waals surface area contributed by atoms with Crippen molar-refractivity contribution in [1.82, 2.24) is 15.1 Å². The number of nitrogens with one attached hydrogen (secondary N) is 1. The third-order valence-corrected chi connectivity index (χ3v) is 6.17. The summed E-state index contributed by atoms with van der Waals surface area (Å²) in [6, 6.07) is 8.52. The van der Waals surface area contributed by atoms with Crippen molar-refractivity contribution in [3.05, 3.63) is 34.2 Å². The number of nitrogens with zero attached hydrogens (tertiary/aromatic N) is 2. The lowest BCUT2D eigenvalue weighted by atomic mass is 10.2. The van der Waals surface area contributed by atoms with E-state index in [1.807, 2.05) is 19.9 Å². The van der Waals surface area contributed by atoms with Gasteiger partial charge in [0.1, 0.15) is 0 Å². The molecule has 1 amide bonds. The summed E-state index contributed by atoms with van der Waals surface area (Å²) >= 11 is 8.37. The van der Waals surface area contributed by atoms with Gasteiger partial charge in [-0.05, 0) is 39.4 Å². The summed E-state index contributed by atoms with van der Waals surface area (Å²) in [6.45, 7) is 9.30. The van der Waals surface area contributed by atoms with Crippen LogP contribution in [-0.2, 0) is 11.3 Å². The van der Waals surface area contributed by atoms with Crippen LogP contribution in [0.15, 0.2) is 24.3 Å². The Morgan fingerprint density at radius 2 is 1.92 bits per heavy atom. The molecule has 0 saturated carbocycles. The van der Waals surface area contributed by atoms with Crippen molar-refractivity contribution in [3.8, 4) is 0 Å². The second-order valence-corrected chi connectivity index (χ2v) is 8.48. The standard InChI is InChI=1S/C19H26ClN3OS/c1-14(2)21-18(24)13-23-9-5-8-22(10-11-23)12-17-19(20)15-6-3-4-7-16(15)25-17/h3-4,6-7,14H,5,8-13H2,1-2H3,(H,21,24). The quantitative estimate of drug-likeness (QED) is 0.862. The molecule has 6 heteroatoms. The van der Waals surface area contributed by atoms with Crippen LogP contribution in [0.4, 0.5) is 0 Å². The van der Waals surface area contributed by atoms with Crippen LogP contribution in [0.5, 0.6) is 0 Å². The van der Waals surface area contributed by atoms with E-state index in [2.05, 4.69) is 33.3 Å². The highest BCUT2D eigenvalue weighted by atomic mass is 35.5. The number of halogens is 1. The summed E-state index contributed by atoms with van der Waals surface area (Å²) in [5.41, 5.74) is 0. The van der Waals surface area contributed by atoms with E-state index >= 15 is 0 Å². The molecule has 0 spiro atoms. The van der Waals surface area contributed by atoms with E-state index in [0.717, 1.165) is 49.6 Å². The molecule has 2 heterocycles. The van der Waals surface area contributed by atoms with Gasteiger partial charge in [0.2, 0.25) is 5.91 Å². The molecule has 1 saturated heterocycles. The average Bonchev–Trinajstić information content (AvgIpc) is 2.73. The fourth-order valence-electron chi connectivity index (χ4n) is 3.28. The number of benzene rings is 1. The van der Waals surface area contributed by atoms with Crippen molar-refractivity contribution in [2.45, 2.75) is 32.9 Å². The molecule has 3 rings (SSSR count). The van der Waals surface area contributed by atoms with Crippen LogP contribution in [0.2, 0.25) is 5.02 Å². The average molecular weight is 380 g/mol. The summed E-state index contributed by atoms with van der Waals surface area (Å²) in [7, 11) is 0. The molecule has 2 aromatic rings. The van der Waals surface area contributed by atoms with Crippen LogP contribution < -0.4 is 5.32 Å². The Morgan fingerprint density at radius 1 is 1.20 bits per heavy atom. The predicted molar refractivity (Wildman–Crippen MR) is 106 cm³/mol. The molecule has 0 aliphatic carbocycles. The SMILES string of the molecule is CC(C)NC(=O)CN1CCCN(Cc2sc3ccccc3c2Cl)CC1. The van der Waals surface area contributed by atoms with E-state index in [1.54, 1.807) is 11.3 Å². The van der Waals surface area contributed by atoms with E-state index in [1.165, 1.54) is 9.58 Å². The molecule has 1 N–H and O–H groups in total. The van der Waals surface area contributed by atoms with Gasteiger partial charge in [-0.3, -0.25) is 14.6 Å². The van der Waals surface area contributed by atoms with Gasteiger partial charge in [-0.1, -0.05) is 29.8 Å². The van der Waals surface area contributed by atoms with Crippen LogP contribution in [0.1, 0.15) is 25.1 Å². The van der Waals surface area contributed by atoms with E-state index in [9.17, 15) is 4.79 Å². The summed E-state index contributed by atoms with van der Waals surface area (Å²) < 4.78 is 1.25. The Bertz CT molecular complexity index is 731. The smallest absolute Gasteiger partial charge is 0.234 e. The second kappa shape index (κ2) is 8.49. The van der Waals surface area contributed by atoms with Crippen LogP contribution in [0.3, 0.4) is 0 Å². The zero-order chi connectivity index (χ0) is 17.8. The van der Waals surface area contributed by atoms with Gasteiger partial charge in [0.25, 0.3) is 0 Å². The first-order chi connectivity index (χ1) is 12.0. The van der Waals surface area contributed by atoms with E-state index < -0.39 is 0 Å². The minimum absolute atomic E-state index is 0.121. The van der Waals surface area contributed by atoms with Gasteiger partial charge >= 0.3 is 0 Å². The van der Waals surface area contributed by atoms with Gasteiger partial charge in [0, 0.05) is 40.6 Å². The van der Waals surface area contributed by atoms with Crippen molar-refractivity contribution < 1.29 is 4.79 Å². The lowest BCUT2D eigenvalue weighted by Crippen LogP contribution is -2.41. The van der Waals surface area contributed by atoms with Crippen molar-refractivity contribution >= 4 is 38.9 Å². The Balaban J connectivity index is 1.57. The molecule has 25 heavy (non-hydrogen) atoms. The fraction of sp³-hybridized carbons (Fsp3) is 0.526. The highest BCUT2D eigenvalue weighted by Gasteiger charge is 2.19. The molecule has 1 aromatic carbocycles. The highest BCUT2D eigenvalue weighted by Crippen LogP contribution is 2.35. The second-order valence-electron chi connectivity index (χ2n) is 6.96. The molecule has 1 fully saturated rings. The molecule has 0 radical (unpaired) electrons. The van der Waals surface area contributed by atoms with E-state index in [4.69, 9.17) is 11.6 Å². The summed E-state index contributed by atoms with van der Waals surface area (Å²) in [4.78, 5) is 17.9. The molecular weight excluding hydrogens is 354 g/mol. The molecule has 136 valence electrons. The third kappa shape index (κ3) is 4.94. The number of hydrogen-bond donors (Lipinski definition) is 1. The number of fused-ring (bicyclic) bond motifs is 1. The van der Waals surface area contributed by atoms with Crippen LogP contribution in [-0.4, -0.2) is 54.5 Å². The van der Waals surface area contributed by atoms with Gasteiger partial charge in [0.05, 0.1) is 11.6 Å². The molecular formula is C19H26ClN3OS. The van der Waals surface area contributed by atoms with Gasteiger partial charge in [-0.15, -0.1) is 11.3 Å². The first kappa shape index (κ1) is 18.6. The molecule has 1 aliphatic heterocycles. The van der Waals surface area contributed by atoms with Crippen molar-refractivity contribution in [1.29, 1.82) is 0 Å². The topological polar surface area (TPSA) is 35.6 Å². The Morgan fingerprint density at radius 3 is 2.68 bits per heavy atom. The highest BCUT2D eigenvalue weighted by molar-refractivity contribution is 7.19. The molecule has 1 aromatic heterocycles. The van der Waals surface area contributed by atoms with Crippen LogP contribution in [0.25, 0.3) is 10.1 Å². The number of carbonyl (C=O) groups is 1. The molecule has 0 bridgehead atoms. The lowest BCUT2D eigenvalue weighted by Gasteiger charge is -2.21. The maximum Gasteiger partial charge on any atom is 0.234 e. The number of amides is 1. The molecule has 0 unspecified atom stereocenters. The third-order valence-electron chi connectivity index (χ3n) is 4.47. The van der Waals surface area contributed by atoms with Crippen LogP contribution in [0, 0.1) is 0 Å². The first-order valence-corrected chi connectivity index (χ1v) is 10.1. The minimum Gasteiger partial charge on any atom is -0.353 e. The Labute approximate surface area is 158 Å². The number of rotatable bonds is 5. The molecule has 1 aliphatic rings. The van der Waals surface area contributed by atoms with Crippen molar-refractivity contribution in [2.24, 2.45) is 0 Å². The fourth-order valence-corrected chi connectivity index (χ4v) is 4.82. The van der Waals surface area contributed by atoms with Gasteiger partial charge in [-0.2, -0.15) is 0 Å². The van der Waals surface area contributed by atoms with E-state index in [-0.39, 0.29) is 11.9 Å². The maximum atomic E-state index is 12.0. The largest absolute Gasteiger partial charge is 0.353 e. The minimum atomic E-state index is 0.121. The molecule has 0 atom stereocenters. The number of carbonyl (C=O) groups excluding carboxylic acids is 1. The zero-order valence-corrected chi connectivity index (χ0v) is 16.5. The summed E-state index contributed by atoms with van der Waals surface area (Å²) in [6.07, 6.45) is 1.08. The normalized spacial score (nSPS) is 17.1. The van der Waals surface area contributed by atoms with Crippen LogP contribution >= 0.6 is 22.9 Å². The van der Waals surface area contributed by atoms with Gasteiger partial charge < -0.3 is 5.32 Å². The number of thiophene rings is 1. The first-order valence-electron chi connectivity index (χ1n) is 8.93. The molecule has 4 nitrogen and oxygen atoms in total. The lowest BCUT2D eigenvalue weighted by molar-refractivity contribution is -0.122. The summed E-state index contributed by atoms with van der Waals surface area (Å²) in [5, 5.41) is 5.03. The van der Waals surface area contributed by atoms with Gasteiger partial charge in [0.15, 0.2) is 0 Å².